The SMILES string of the molecule is CC(=O)OC1CC2C(C)(C(=O)O)C(O)CCC23CC32CCC3(C)C(C(C)CCCC(C)(C)O)CCC3(C)C12. The highest BCUT2D eigenvalue weighted by atomic mass is 16.5. The van der Waals surface area contributed by atoms with Crippen LogP contribution in [0.2, 0.25) is 0 Å². The lowest BCUT2D eigenvalue weighted by molar-refractivity contribution is -0.219. The molecule has 11 unspecified atom stereocenters. The van der Waals surface area contributed by atoms with Crippen LogP contribution in [0.1, 0.15) is 119 Å². The van der Waals surface area contributed by atoms with Crippen LogP contribution in [0.5, 0.6) is 0 Å². The number of carboxylic acids is 1. The van der Waals surface area contributed by atoms with Gasteiger partial charge in [-0.05, 0) is 118 Å². The highest BCUT2D eigenvalue weighted by Gasteiger charge is 2.85. The molecule has 5 aliphatic carbocycles. The molecule has 0 amide bonds. The first-order valence-electron chi connectivity index (χ1n) is 15.3. The minimum atomic E-state index is -1.21. The standard InChI is InChI=1S/C32H52O6/c1-19(9-8-12-27(3,4)37)21-10-13-29(6)25-22(38-20(2)33)17-23-30(7,26(35)36)24(34)11-14-31(23)18-32(25,31)16-15-28(21,29)5/h19,21-25,34,37H,8-18H2,1-7H3,(H,35,36). The molecule has 5 aliphatic rings. The zero-order chi connectivity index (χ0) is 28.1. The van der Waals surface area contributed by atoms with Crippen LogP contribution in [0, 0.1) is 50.7 Å². The predicted octanol–water partition coefficient (Wildman–Crippen LogP) is 5.97. The summed E-state index contributed by atoms with van der Waals surface area (Å²) in [6.45, 7) is 14.4. The number of fused-ring (bicyclic) bond motifs is 2. The summed E-state index contributed by atoms with van der Waals surface area (Å²) < 4.78 is 6.18. The van der Waals surface area contributed by atoms with Crippen molar-refractivity contribution in [2.45, 2.75) is 137 Å². The second-order valence-corrected chi connectivity index (χ2v) is 15.7. The van der Waals surface area contributed by atoms with E-state index in [0.717, 1.165) is 51.4 Å². The van der Waals surface area contributed by atoms with E-state index in [9.17, 15) is 24.9 Å². The van der Waals surface area contributed by atoms with Gasteiger partial charge in [0.15, 0.2) is 0 Å². The van der Waals surface area contributed by atoms with Crippen LogP contribution in [0.4, 0.5) is 0 Å². The van der Waals surface area contributed by atoms with Crippen LogP contribution in [0.3, 0.4) is 0 Å². The number of aliphatic carboxylic acids is 1. The Hall–Kier alpha value is -1.14. The van der Waals surface area contributed by atoms with Gasteiger partial charge < -0.3 is 20.1 Å². The molecule has 0 aromatic rings. The lowest BCUT2D eigenvalue weighted by Gasteiger charge is -2.64. The quantitative estimate of drug-likeness (QED) is 0.349. The number of carbonyl (C=O) groups excluding carboxylic acids is 1. The topological polar surface area (TPSA) is 104 Å². The highest BCUT2D eigenvalue weighted by Crippen LogP contribution is 2.89. The maximum atomic E-state index is 12.7. The number of carbonyl (C=O) groups is 2. The molecular formula is C32H52O6. The van der Waals surface area contributed by atoms with E-state index in [4.69, 9.17) is 4.74 Å². The molecule has 6 nitrogen and oxygen atoms in total. The number of aliphatic hydroxyl groups is 2. The Bertz CT molecular complexity index is 987. The van der Waals surface area contributed by atoms with Gasteiger partial charge in [-0.25, -0.2) is 0 Å². The molecule has 5 rings (SSSR count). The van der Waals surface area contributed by atoms with E-state index in [1.54, 1.807) is 6.92 Å². The number of aliphatic hydroxyl groups excluding tert-OH is 1. The van der Waals surface area contributed by atoms with E-state index in [1.807, 2.05) is 13.8 Å². The van der Waals surface area contributed by atoms with E-state index in [0.29, 0.717) is 24.7 Å². The predicted molar refractivity (Wildman–Crippen MR) is 145 cm³/mol. The molecule has 5 fully saturated rings. The molecule has 0 heterocycles. The van der Waals surface area contributed by atoms with Crippen LogP contribution in [0.25, 0.3) is 0 Å². The van der Waals surface area contributed by atoms with Crippen molar-refractivity contribution >= 4 is 11.9 Å². The number of hydrogen-bond donors (Lipinski definition) is 3. The van der Waals surface area contributed by atoms with Gasteiger partial charge >= 0.3 is 11.9 Å². The first-order chi connectivity index (χ1) is 17.5. The Morgan fingerprint density at radius 1 is 1.03 bits per heavy atom. The van der Waals surface area contributed by atoms with Crippen molar-refractivity contribution in [1.82, 2.24) is 0 Å². The molecule has 2 spiro atoms. The number of hydrogen-bond acceptors (Lipinski definition) is 5. The normalized spacial score (nSPS) is 50.2. The van der Waals surface area contributed by atoms with Crippen LogP contribution >= 0.6 is 0 Å². The van der Waals surface area contributed by atoms with Crippen LogP contribution in [-0.4, -0.2) is 45.1 Å². The molecule has 38 heavy (non-hydrogen) atoms. The van der Waals surface area contributed by atoms with Gasteiger partial charge in [0.2, 0.25) is 0 Å². The van der Waals surface area contributed by atoms with Crippen molar-refractivity contribution < 1.29 is 29.6 Å². The third-order valence-electron chi connectivity index (χ3n) is 13.7. The Morgan fingerprint density at radius 3 is 2.32 bits per heavy atom. The minimum absolute atomic E-state index is 0.000182. The molecule has 11 atom stereocenters. The average Bonchev–Trinajstić information content (AvgIpc) is 3.36. The molecular weight excluding hydrogens is 480 g/mol. The van der Waals surface area contributed by atoms with Gasteiger partial charge in [0.1, 0.15) is 6.10 Å². The fourth-order valence-electron chi connectivity index (χ4n) is 11.7. The molecule has 3 N–H and O–H groups in total. The molecule has 0 aromatic carbocycles. The molecule has 0 saturated heterocycles. The van der Waals surface area contributed by atoms with Crippen LogP contribution < -0.4 is 0 Å². The van der Waals surface area contributed by atoms with Crippen molar-refractivity contribution in [3.05, 3.63) is 0 Å². The van der Waals surface area contributed by atoms with E-state index >= 15 is 0 Å². The van der Waals surface area contributed by atoms with Crippen molar-refractivity contribution in [3.8, 4) is 0 Å². The third kappa shape index (κ3) is 3.63. The molecule has 216 valence electrons. The summed E-state index contributed by atoms with van der Waals surface area (Å²) in [4.78, 5) is 25.1. The fourth-order valence-corrected chi connectivity index (χ4v) is 11.7. The largest absolute Gasteiger partial charge is 0.481 e. The molecule has 0 radical (unpaired) electrons. The number of ether oxygens (including phenoxy) is 1. The summed E-state index contributed by atoms with van der Waals surface area (Å²) in [6.07, 6.45) is 9.27. The van der Waals surface area contributed by atoms with Gasteiger partial charge in [-0.3, -0.25) is 9.59 Å². The van der Waals surface area contributed by atoms with Crippen molar-refractivity contribution in [1.29, 1.82) is 0 Å². The van der Waals surface area contributed by atoms with Gasteiger partial charge in [-0.15, -0.1) is 0 Å². The lowest BCUT2D eigenvalue weighted by Crippen LogP contribution is -2.64. The first kappa shape index (κ1) is 28.4. The summed E-state index contributed by atoms with van der Waals surface area (Å²) in [5.74, 6) is 0.0176. The zero-order valence-electron chi connectivity index (χ0n) is 24.8. The van der Waals surface area contributed by atoms with E-state index in [2.05, 4.69) is 20.8 Å². The monoisotopic (exact) mass is 532 g/mol. The second-order valence-electron chi connectivity index (χ2n) is 15.7. The average molecular weight is 533 g/mol. The maximum absolute atomic E-state index is 12.7. The Labute approximate surface area is 229 Å². The van der Waals surface area contributed by atoms with Crippen LogP contribution in [0.15, 0.2) is 0 Å². The van der Waals surface area contributed by atoms with Crippen LogP contribution in [-0.2, 0) is 14.3 Å². The van der Waals surface area contributed by atoms with Crippen molar-refractivity contribution in [2.75, 3.05) is 0 Å². The Morgan fingerprint density at radius 2 is 1.71 bits per heavy atom. The number of carboxylic acid groups (broad SMARTS) is 1. The Kier molecular flexibility index (Phi) is 6.48. The van der Waals surface area contributed by atoms with Crippen molar-refractivity contribution in [2.24, 2.45) is 50.7 Å². The van der Waals surface area contributed by atoms with Gasteiger partial charge in [0.25, 0.3) is 0 Å². The highest BCUT2D eigenvalue weighted by molar-refractivity contribution is 5.76. The minimum Gasteiger partial charge on any atom is -0.481 e. The van der Waals surface area contributed by atoms with E-state index in [1.165, 1.54) is 13.3 Å². The molecule has 0 aliphatic heterocycles. The number of esters is 1. The summed E-state index contributed by atoms with van der Waals surface area (Å²) in [7, 11) is 0. The molecule has 0 aromatic heterocycles. The third-order valence-corrected chi connectivity index (χ3v) is 13.7. The number of rotatable bonds is 7. The van der Waals surface area contributed by atoms with E-state index < -0.39 is 23.1 Å². The zero-order valence-corrected chi connectivity index (χ0v) is 24.8. The first-order valence-corrected chi connectivity index (χ1v) is 15.3. The molecule has 5 saturated carbocycles. The molecule has 6 heteroatoms. The van der Waals surface area contributed by atoms with Gasteiger partial charge in [0.05, 0.1) is 17.1 Å². The van der Waals surface area contributed by atoms with Gasteiger partial charge in [-0.2, -0.15) is 0 Å². The summed E-state index contributed by atoms with van der Waals surface area (Å²) in [6, 6.07) is 0. The summed E-state index contributed by atoms with van der Waals surface area (Å²) in [5.41, 5.74) is -1.75. The Balaban J connectivity index is 1.49. The molecule has 0 bridgehead atoms. The maximum Gasteiger partial charge on any atom is 0.312 e. The van der Waals surface area contributed by atoms with Crippen molar-refractivity contribution in [3.63, 3.8) is 0 Å². The van der Waals surface area contributed by atoms with Gasteiger partial charge in [-0.1, -0.05) is 33.6 Å². The van der Waals surface area contributed by atoms with Gasteiger partial charge in [0, 0.05) is 12.8 Å². The fraction of sp³-hybridized carbons (Fsp3) is 0.938. The second kappa shape index (κ2) is 8.68. The lowest BCUT2D eigenvalue weighted by atomic mass is 9.41. The van der Waals surface area contributed by atoms with E-state index in [-0.39, 0.29) is 45.6 Å². The summed E-state index contributed by atoms with van der Waals surface area (Å²) >= 11 is 0. The summed E-state index contributed by atoms with van der Waals surface area (Å²) in [5, 5.41) is 31.6. The smallest absolute Gasteiger partial charge is 0.312 e.